The van der Waals surface area contributed by atoms with Crippen molar-refractivity contribution in [3.63, 3.8) is 0 Å². The lowest BCUT2D eigenvalue weighted by Crippen LogP contribution is -2.10. The molecule has 0 aliphatic rings. The van der Waals surface area contributed by atoms with E-state index in [1.165, 1.54) is 6.07 Å². The van der Waals surface area contributed by atoms with E-state index in [0.717, 1.165) is 22.5 Å². The van der Waals surface area contributed by atoms with Crippen LogP contribution in [0.3, 0.4) is 0 Å². The van der Waals surface area contributed by atoms with Crippen LogP contribution in [0.25, 0.3) is 10.8 Å². The van der Waals surface area contributed by atoms with Crippen LogP contribution in [0.5, 0.6) is 0 Å². The van der Waals surface area contributed by atoms with Gasteiger partial charge < -0.3 is 5.32 Å². The van der Waals surface area contributed by atoms with E-state index in [1.807, 2.05) is 30.3 Å². The minimum atomic E-state index is -4.48. The lowest BCUT2D eigenvalue weighted by Gasteiger charge is -2.08. The first-order valence-corrected chi connectivity index (χ1v) is 6.51. The molecule has 2 aromatic heterocycles. The number of fused-ring (bicyclic) bond motifs is 1. The van der Waals surface area contributed by atoms with Crippen molar-refractivity contribution in [3.05, 3.63) is 60.0 Å². The second-order valence-corrected chi connectivity index (χ2v) is 4.63. The van der Waals surface area contributed by atoms with E-state index in [2.05, 4.69) is 20.5 Å². The summed E-state index contributed by atoms with van der Waals surface area (Å²) in [5, 5.41) is 11.7. The van der Waals surface area contributed by atoms with Crippen molar-refractivity contribution in [2.45, 2.75) is 12.7 Å². The number of pyridine rings is 1. The van der Waals surface area contributed by atoms with Gasteiger partial charge in [-0.2, -0.15) is 13.2 Å². The monoisotopic (exact) mass is 304 g/mol. The number of rotatable bonds is 3. The van der Waals surface area contributed by atoms with Crippen LogP contribution in [0.2, 0.25) is 0 Å². The van der Waals surface area contributed by atoms with Crippen LogP contribution in [0.1, 0.15) is 11.4 Å². The maximum absolute atomic E-state index is 12.4. The van der Waals surface area contributed by atoms with E-state index < -0.39 is 11.9 Å². The average molecular weight is 304 g/mol. The van der Waals surface area contributed by atoms with Gasteiger partial charge in [0.15, 0.2) is 5.69 Å². The molecule has 0 fully saturated rings. The third-order valence-corrected chi connectivity index (χ3v) is 3.15. The summed E-state index contributed by atoms with van der Waals surface area (Å²) in [5.41, 5.74) is -0.221. The molecule has 0 atom stereocenters. The molecule has 3 rings (SSSR count). The van der Waals surface area contributed by atoms with Crippen LogP contribution in [-0.2, 0) is 12.7 Å². The summed E-state index contributed by atoms with van der Waals surface area (Å²) in [6.45, 7) is 0.349. The zero-order chi connectivity index (χ0) is 15.6. The standard InChI is InChI=1S/C15H11F3N4/c16-15(17,18)13-5-6-14(22-21-13)20-9-12-11-4-2-1-3-10(11)7-8-19-12/h1-8H,9H2,(H,20,22). The molecule has 112 valence electrons. The Hall–Kier alpha value is -2.70. The third-order valence-electron chi connectivity index (χ3n) is 3.15. The first-order valence-electron chi connectivity index (χ1n) is 6.51. The number of alkyl halides is 3. The van der Waals surface area contributed by atoms with Crippen molar-refractivity contribution in [2.75, 3.05) is 5.32 Å². The fraction of sp³-hybridized carbons (Fsp3) is 0.133. The smallest absolute Gasteiger partial charge is 0.363 e. The summed E-state index contributed by atoms with van der Waals surface area (Å²) in [7, 11) is 0. The van der Waals surface area contributed by atoms with E-state index in [1.54, 1.807) is 6.20 Å². The van der Waals surface area contributed by atoms with Gasteiger partial charge in [0.2, 0.25) is 0 Å². The van der Waals surface area contributed by atoms with E-state index in [9.17, 15) is 13.2 Å². The number of hydrogen-bond donors (Lipinski definition) is 1. The highest BCUT2D eigenvalue weighted by Crippen LogP contribution is 2.27. The van der Waals surface area contributed by atoms with Crippen molar-refractivity contribution in [1.82, 2.24) is 15.2 Å². The summed E-state index contributed by atoms with van der Waals surface area (Å²) in [4.78, 5) is 4.29. The molecule has 7 heteroatoms. The number of hydrogen-bond acceptors (Lipinski definition) is 4. The van der Waals surface area contributed by atoms with Crippen LogP contribution in [-0.4, -0.2) is 15.2 Å². The van der Waals surface area contributed by atoms with Crippen LogP contribution in [0.4, 0.5) is 19.0 Å². The van der Waals surface area contributed by atoms with Gasteiger partial charge in [0.25, 0.3) is 0 Å². The Morgan fingerprint density at radius 1 is 0.955 bits per heavy atom. The van der Waals surface area contributed by atoms with Gasteiger partial charge >= 0.3 is 6.18 Å². The fourth-order valence-electron chi connectivity index (χ4n) is 2.08. The van der Waals surface area contributed by atoms with Crippen molar-refractivity contribution >= 4 is 16.6 Å². The largest absolute Gasteiger partial charge is 0.435 e. The van der Waals surface area contributed by atoms with Crippen LogP contribution < -0.4 is 5.32 Å². The lowest BCUT2D eigenvalue weighted by molar-refractivity contribution is -0.141. The quantitative estimate of drug-likeness (QED) is 0.802. The molecule has 0 spiro atoms. The molecular formula is C15H11F3N4. The SMILES string of the molecule is FC(F)(F)c1ccc(NCc2nccc3ccccc23)nn1. The van der Waals surface area contributed by atoms with Crippen LogP contribution in [0, 0.1) is 0 Å². The summed E-state index contributed by atoms with van der Waals surface area (Å²) >= 11 is 0. The summed E-state index contributed by atoms with van der Waals surface area (Å²) in [5.74, 6) is 0.266. The molecule has 4 nitrogen and oxygen atoms in total. The van der Waals surface area contributed by atoms with Gasteiger partial charge in [-0.3, -0.25) is 4.98 Å². The first-order chi connectivity index (χ1) is 10.5. The molecule has 3 aromatic rings. The number of nitrogens with zero attached hydrogens (tertiary/aromatic N) is 3. The molecule has 0 radical (unpaired) electrons. The zero-order valence-corrected chi connectivity index (χ0v) is 11.3. The topological polar surface area (TPSA) is 50.7 Å². The number of nitrogens with one attached hydrogen (secondary N) is 1. The molecule has 0 aliphatic carbocycles. The molecule has 0 aliphatic heterocycles. The van der Waals surface area contributed by atoms with Crippen molar-refractivity contribution in [3.8, 4) is 0 Å². The molecule has 0 saturated heterocycles. The highest BCUT2D eigenvalue weighted by molar-refractivity contribution is 5.84. The molecule has 2 heterocycles. The average Bonchev–Trinajstić information content (AvgIpc) is 2.52. The van der Waals surface area contributed by atoms with Crippen LogP contribution in [0.15, 0.2) is 48.7 Å². The number of halogens is 3. The number of anilines is 1. The van der Waals surface area contributed by atoms with Crippen LogP contribution >= 0.6 is 0 Å². The van der Waals surface area contributed by atoms with Gasteiger partial charge in [0, 0.05) is 11.6 Å². The van der Waals surface area contributed by atoms with Crippen molar-refractivity contribution in [1.29, 1.82) is 0 Å². The molecule has 1 aromatic carbocycles. The molecule has 22 heavy (non-hydrogen) atoms. The van der Waals surface area contributed by atoms with Gasteiger partial charge in [-0.25, -0.2) is 0 Å². The Morgan fingerprint density at radius 3 is 2.50 bits per heavy atom. The van der Waals surface area contributed by atoms with Gasteiger partial charge in [0.05, 0.1) is 12.2 Å². The van der Waals surface area contributed by atoms with Gasteiger partial charge in [-0.15, -0.1) is 10.2 Å². The Labute approximate surface area is 124 Å². The van der Waals surface area contributed by atoms with Gasteiger partial charge in [0.1, 0.15) is 5.82 Å². The summed E-state index contributed by atoms with van der Waals surface area (Å²) in [6, 6.07) is 11.8. The summed E-state index contributed by atoms with van der Waals surface area (Å²) in [6.07, 6.45) is -2.79. The highest BCUT2D eigenvalue weighted by atomic mass is 19.4. The van der Waals surface area contributed by atoms with E-state index in [-0.39, 0.29) is 5.82 Å². The highest BCUT2D eigenvalue weighted by Gasteiger charge is 2.32. The second-order valence-electron chi connectivity index (χ2n) is 4.63. The van der Waals surface area contributed by atoms with E-state index >= 15 is 0 Å². The minimum Gasteiger partial charge on any atom is -0.363 e. The van der Waals surface area contributed by atoms with E-state index in [4.69, 9.17) is 0 Å². The Kier molecular flexibility index (Phi) is 3.62. The maximum Gasteiger partial charge on any atom is 0.435 e. The fourth-order valence-corrected chi connectivity index (χ4v) is 2.08. The normalized spacial score (nSPS) is 11.6. The first kappa shape index (κ1) is 14.2. The maximum atomic E-state index is 12.4. The molecule has 0 saturated carbocycles. The predicted molar refractivity (Wildman–Crippen MR) is 76.1 cm³/mol. The van der Waals surface area contributed by atoms with Gasteiger partial charge in [-0.05, 0) is 23.6 Å². The second kappa shape index (κ2) is 5.59. The summed E-state index contributed by atoms with van der Waals surface area (Å²) < 4.78 is 37.2. The molecule has 1 N–H and O–H groups in total. The van der Waals surface area contributed by atoms with Crippen molar-refractivity contribution in [2.24, 2.45) is 0 Å². The Morgan fingerprint density at radius 2 is 1.77 bits per heavy atom. The predicted octanol–water partition coefficient (Wildman–Crippen LogP) is 3.66. The Bertz CT molecular complexity index is 779. The molecule has 0 bridgehead atoms. The molecule has 0 amide bonds. The van der Waals surface area contributed by atoms with E-state index in [0.29, 0.717) is 6.54 Å². The minimum absolute atomic E-state index is 0.266. The third kappa shape index (κ3) is 2.98. The van der Waals surface area contributed by atoms with Gasteiger partial charge in [-0.1, -0.05) is 24.3 Å². The Balaban J connectivity index is 1.77. The zero-order valence-electron chi connectivity index (χ0n) is 11.3. The van der Waals surface area contributed by atoms with Crippen molar-refractivity contribution < 1.29 is 13.2 Å². The number of benzene rings is 1. The molecular weight excluding hydrogens is 293 g/mol. The number of aromatic nitrogens is 3. The molecule has 0 unspecified atom stereocenters. The lowest BCUT2D eigenvalue weighted by atomic mass is 10.1.